The molecule has 2 nitrogen and oxygen atoms in total. The Kier molecular flexibility index (Phi) is 5.43. The number of hydrogen-bond acceptors (Lipinski definition) is 2. The van der Waals surface area contributed by atoms with Crippen LogP contribution in [0.15, 0.2) is 16.6 Å². The first kappa shape index (κ1) is 15.0. The summed E-state index contributed by atoms with van der Waals surface area (Å²) in [5, 5.41) is 0. The smallest absolute Gasteiger partial charge is 0.0462 e. The molecule has 0 spiro atoms. The molecule has 1 unspecified atom stereocenters. The van der Waals surface area contributed by atoms with Crippen molar-refractivity contribution in [1.29, 1.82) is 0 Å². The number of hydrazine groups is 1. The molecule has 0 amide bonds. The van der Waals surface area contributed by atoms with Crippen LogP contribution in [-0.4, -0.2) is 0 Å². The Morgan fingerprint density at radius 3 is 2.32 bits per heavy atom. The lowest BCUT2D eigenvalue weighted by molar-refractivity contribution is 0.301. The fourth-order valence-corrected chi connectivity index (χ4v) is 3.47. The Bertz CT molecular complexity index is 402. The molecule has 19 heavy (non-hydrogen) atoms. The van der Waals surface area contributed by atoms with Gasteiger partial charge in [-0.3, -0.25) is 11.3 Å². The van der Waals surface area contributed by atoms with Gasteiger partial charge in [0.25, 0.3) is 0 Å². The summed E-state index contributed by atoms with van der Waals surface area (Å²) in [6, 6.07) is 4.79. The van der Waals surface area contributed by atoms with E-state index in [1.807, 2.05) is 0 Å². The van der Waals surface area contributed by atoms with Gasteiger partial charge in [0.15, 0.2) is 0 Å². The quantitative estimate of drug-likeness (QED) is 0.630. The Morgan fingerprint density at radius 2 is 1.79 bits per heavy atom. The van der Waals surface area contributed by atoms with E-state index in [-0.39, 0.29) is 6.04 Å². The van der Waals surface area contributed by atoms with Crippen LogP contribution in [-0.2, 0) is 0 Å². The molecule has 0 bridgehead atoms. The first-order valence-corrected chi connectivity index (χ1v) is 8.14. The molecule has 0 aliphatic heterocycles. The van der Waals surface area contributed by atoms with Crippen molar-refractivity contribution in [3.63, 3.8) is 0 Å². The molecule has 1 aliphatic rings. The Balaban J connectivity index is 2.12. The Labute approximate surface area is 125 Å². The highest BCUT2D eigenvalue weighted by Crippen LogP contribution is 2.33. The van der Waals surface area contributed by atoms with E-state index in [1.165, 1.54) is 53.3 Å². The summed E-state index contributed by atoms with van der Waals surface area (Å²) in [7, 11) is 0. The minimum absolute atomic E-state index is 0.286. The number of nitrogens with one attached hydrogen (secondary N) is 1. The van der Waals surface area contributed by atoms with Gasteiger partial charge in [-0.2, -0.15) is 0 Å². The van der Waals surface area contributed by atoms with Crippen molar-refractivity contribution >= 4 is 15.9 Å². The maximum absolute atomic E-state index is 5.80. The van der Waals surface area contributed by atoms with Crippen LogP contribution in [0.3, 0.4) is 0 Å². The lowest BCUT2D eigenvalue weighted by atomic mass is 9.83. The minimum atomic E-state index is 0.286. The normalized spacial score (nSPS) is 18.5. The van der Waals surface area contributed by atoms with Gasteiger partial charge in [-0.05, 0) is 42.9 Å². The number of nitrogens with two attached hydrogens (primary N) is 1. The van der Waals surface area contributed by atoms with Crippen molar-refractivity contribution < 1.29 is 0 Å². The van der Waals surface area contributed by atoms with Crippen molar-refractivity contribution in [2.75, 3.05) is 0 Å². The standard InChI is InChI=1S/C16H25BrN2/c1-11-8-14(9-12(2)16(11)17)15(19-18)10-13-6-4-3-5-7-13/h8-9,13,15,19H,3-7,10,18H2,1-2H3. The summed E-state index contributed by atoms with van der Waals surface area (Å²) in [6.45, 7) is 4.30. The van der Waals surface area contributed by atoms with E-state index in [9.17, 15) is 0 Å². The third-order valence-corrected chi connectivity index (χ3v) is 5.61. The van der Waals surface area contributed by atoms with Gasteiger partial charge in [0.1, 0.15) is 0 Å². The molecule has 2 rings (SSSR count). The fourth-order valence-electron chi connectivity index (χ4n) is 3.24. The summed E-state index contributed by atoms with van der Waals surface area (Å²) >= 11 is 3.63. The molecule has 0 heterocycles. The van der Waals surface area contributed by atoms with Crippen molar-refractivity contribution in [2.45, 2.75) is 58.4 Å². The lowest BCUT2D eigenvalue weighted by Crippen LogP contribution is -2.30. The highest BCUT2D eigenvalue weighted by Gasteiger charge is 2.20. The van der Waals surface area contributed by atoms with E-state index in [1.54, 1.807) is 0 Å². The summed E-state index contributed by atoms with van der Waals surface area (Å²) in [4.78, 5) is 0. The molecule has 1 saturated carbocycles. The van der Waals surface area contributed by atoms with Crippen LogP contribution >= 0.6 is 15.9 Å². The molecule has 1 aliphatic carbocycles. The number of aryl methyl sites for hydroxylation is 2. The zero-order valence-electron chi connectivity index (χ0n) is 12.0. The predicted molar refractivity (Wildman–Crippen MR) is 84.9 cm³/mol. The van der Waals surface area contributed by atoms with Crippen molar-refractivity contribution in [1.82, 2.24) is 5.43 Å². The van der Waals surface area contributed by atoms with Crippen LogP contribution in [0, 0.1) is 19.8 Å². The lowest BCUT2D eigenvalue weighted by Gasteiger charge is -2.27. The summed E-state index contributed by atoms with van der Waals surface area (Å²) < 4.78 is 1.21. The van der Waals surface area contributed by atoms with E-state index in [0.29, 0.717) is 0 Å². The monoisotopic (exact) mass is 324 g/mol. The summed E-state index contributed by atoms with van der Waals surface area (Å²) in [6.07, 6.45) is 8.09. The van der Waals surface area contributed by atoms with E-state index < -0.39 is 0 Å². The largest absolute Gasteiger partial charge is 0.271 e. The average molecular weight is 325 g/mol. The molecule has 1 aromatic rings. The van der Waals surface area contributed by atoms with Crippen molar-refractivity contribution in [2.24, 2.45) is 11.8 Å². The molecule has 1 fully saturated rings. The van der Waals surface area contributed by atoms with Gasteiger partial charge in [0, 0.05) is 10.5 Å². The molecule has 0 radical (unpaired) electrons. The van der Waals surface area contributed by atoms with E-state index in [2.05, 4.69) is 47.3 Å². The highest BCUT2D eigenvalue weighted by molar-refractivity contribution is 9.10. The van der Waals surface area contributed by atoms with Crippen LogP contribution in [0.25, 0.3) is 0 Å². The topological polar surface area (TPSA) is 38.0 Å². The van der Waals surface area contributed by atoms with E-state index in [0.717, 1.165) is 12.3 Å². The van der Waals surface area contributed by atoms with Crippen LogP contribution in [0.4, 0.5) is 0 Å². The molecule has 1 aromatic carbocycles. The van der Waals surface area contributed by atoms with Gasteiger partial charge < -0.3 is 0 Å². The predicted octanol–water partition coefficient (Wildman–Crippen LogP) is 4.54. The Morgan fingerprint density at radius 1 is 1.21 bits per heavy atom. The molecular formula is C16H25BrN2. The molecule has 3 heteroatoms. The maximum Gasteiger partial charge on any atom is 0.0462 e. The molecule has 0 saturated heterocycles. The van der Waals surface area contributed by atoms with Crippen molar-refractivity contribution in [3.05, 3.63) is 33.3 Å². The van der Waals surface area contributed by atoms with E-state index in [4.69, 9.17) is 5.84 Å². The van der Waals surface area contributed by atoms with Gasteiger partial charge in [-0.15, -0.1) is 0 Å². The maximum atomic E-state index is 5.80. The second-order valence-corrected chi connectivity index (χ2v) is 6.72. The van der Waals surface area contributed by atoms with Crippen LogP contribution in [0.5, 0.6) is 0 Å². The zero-order valence-corrected chi connectivity index (χ0v) is 13.6. The molecular weight excluding hydrogens is 300 g/mol. The van der Waals surface area contributed by atoms with Gasteiger partial charge in [0.2, 0.25) is 0 Å². The molecule has 3 N–H and O–H groups in total. The minimum Gasteiger partial charge on any atom is -0.271 e. The van der Waals surface area contributed by atoms with Crippen LogP contribution < -0.4 is 11.3 Å². The zero-order chi connectivity index (χ0) is 13.8. The number of benzene rings is 1. The fraction of sp³-hybridized carbons (Fsp3) is 0.625. The number of rotatable bonds is 4. The second kappa shape index (κ2) is 6.87. The Hall–Kier alpha value is -0.380. The summed E-state index contributed by atoms with van der Waals surface area (Å²) in [5.74, 6) is 6.63. The average Bonchev–Trinajstić information content (AvgIpc) is 2.42. The number of hydrogen-bond donors (Lipinski definition) is 2. The highest BCUT2D eigenvalue weighted by atomic mass is 79.9. The SMILES string of the molecule is Cc1cc(C(CC2CCCCC2)NN)cc(C)c1Br. The molecule has 0 aromatic heterocycles. The summed E-state index contributed by atoms with van der Waals surface area (Å²) in [5.41, 5.74) is 6.93. The third-order valence-electron chi connectivity index (χ3n) is 4.36. The first-order chi connectivity index (χ1) is 9.11. The first-order valence-electron chi connectivity index (χ1n) is 7.34. The van der Waals surface area contributed by atoms with Gasteiger partial charge in [-0.25, -0.2) is 0 Å². The van der Waals surface area contributed by atoms with E-state index >= 15 is 0 Å². The van der Waals surface area contributed by atoms with Crippen molar-refractivity contribution in [3.8, 4) is 0 Å². The molecule has 1 atom stereocenters. The second-order valence-electron chi connectivity index (χ2n) is 5.93. The van der Waals surface area contributed by atoms with Gasteiger partial charge in [-0.1, -0.05) is 60.2 Å². The van der Waals surface area contributed by atoms with Crippen LogP contribution in [0.2, 0.25) is 0 Å². The van der Waals surface area contributed by atoms with Crippen LogP contribution in [0.1, 0.15) is 61.3 Å². The molecule has 106 valence electrons. The van der Waals surface area contributed by atoms with Gasteiger partial charge in [0.05, 0.1) is 0 Å². The number of halogens is 1. The van der Waals surface area contributed by atoms with Gasteiger partial charge >= 0.3 is 0 Å². The third kappa shape index (κ3) is 3.80.